The maximum absolute atomic E-state index is 11.2. The Morgan fingerprint density at radius 3 is 2.82 bits per heavy atom. The highest BCUT2D eigenvalue weighted by molar-refractivity contribution is 5.89. The van der Waals surface area contributed by atoms with Crippen molar-refractivity contribution in [3.63, 3.8) is 0 Å². The molecule has 0 saturated carbocycles. The van der Waals surface area contributed by atoms with E-state index in [4.69, 9.17) is 0 Å². The highest BCUT2D eigenvalue weighted by Crippen LogP contribution is 2.49. The molecule has 0 bridgehead atoms. The second kappa shape index (κ2) is 4.98. The zero-order valence-electron chi connectivity index (χ0n) is 11.9. The van der Waals surface area contributed by atoms with Crippen LogP contribution in [0, 0.1) is 5.92 Å². The first-order valence-electron chi connectivity index (χ1n) is 7.44. The normalized spacial score (nSPS) is 25.2. The summed E-state index contributed by atoms with van der Waals surface area (Å²) in [6, 6.07) is 9.67. The highest BCUT2D eigenvalue weighted by Gasteiger charge is 2.38. The van der Waals surface area contributed by atoms with E-state index in [0.29, 0.717) is 11.5 Å². The number of hydrogen-bond donors (Lipinski definition) is 2. The van der Waals surface area contributed by atoms with Gasteiger partial charge in [0, 0.05) is 24.0 Å². The van der Waals surface area contributed by atoms with Gasteiger partial charge in [0.15, 0.2) is 0 Å². The molecule has 1 aromatic heterocycles. The maximum atomic E-state index is 11.2. The van der Waals surface area contributed by atoms with Crippen LogP contribution in [0.5, 0.6) is 0 Å². The van der Waals surface area contributed by atoms with Gasteiger partial charge in [0.25, 0.3) is 0 Å². The quantitative estimate of drug-likeness (QED) is 0.830. The van der Waals surface area contributed by atoms with E-state index in [2.05, 4.69) is 22.5 Å². The van der Waals surface area contributed by atoms with Crippen molar-refractivity contribution >= 4 is 11.7 Å². The summed E-state index contributed by atoms with van der Waals surface area (Å²) in [7, 11) is 0. The summed E-state index contributed by atoms with van der Waals surface area (Å²) in [4.78, 5) is 15.3. The average Bonchev–Trinajstić information content (AvgIpc) is 3.04. The van der Waals surface area contributed by atoms with Gasteiger partial charge >= 0.3 is 5.97 Å². The lowest BCUT2D eigenvalue weighted by atomic mass is 9.77. The van der Waals surface area contributed by atoms with Crippen molar-refractivity contribution in [1.82, 2.24) is 4.98 Å². The average molecular weight is 292 g/mol. The molecule has 1 aliphatic carbocycles. The summed E-state index contributed by atoms with van der Waals surface area (Å²) in [5.74, 6) is -0.190. The zero-order chi connectivity index (χ0) is 15.1. The molecule has 1 aromatic carbocycles. The molecule has 2 aliphatic rings. The molecule has 4 heteroatoms. The Kier molecular flexibility index (Phi) is 2.96. The largest absolute Gasteiger partial charge is 0.478 e. The SMILES string of the molecule is O=C(O)c1ccc2c(c1)[C@@H]1C=CC[C@@H]1[C@@H](c1ccncc1)N2. The molecular formula is C18H16N2O2. The molecule has 1 aliphatic heterocycles. The number of fused-ring (bicyclic) bond motifs is 3. The minimum atomic E-state index is -0.877. The fourth-order valence-corrected chi connectivity index (χ4v) is 3.63. The van der Waals surface area contributed by atoms with Crippen molar-refractivity contribution in [3.8, 4) is 0 Å². The summed E-state index contributed by atoms with van der Waals surface area (Å²) in [5, 5.41) is 12.8. The lowest BCUT2D eigenvalue weighted by Gasteiger charge is -2.37. The number of aromatic carboxylic acids is 1. The van der Waals surface area contributed by atoms with Gasteiger partial charge in [-0.3, -0.25) is 4.98 Å². The van der Waals surface area contributed by atoms with E-state index >= 15 is 0 Å². The predicted molar refractivity (Wildman–Crippen MR) is 84.0 cm³/mol. The molecule has 110 valence electrons. The fourth-order valence-electron chi connectivity index (χ4n) is 3.63. The van der Waals surface area contributed by atoms with Gasteiger partial charge < -0.3 is 10.4 Å². The molecule has 0 fully saturated rings. The molecule has 3 atom stereocenters. The number of aromatic nitrogens is 1. The first kappa shape index (κ1) is 13.1. The number of hydrogen-bond acceptors (Lipinski definition) is 3. The fraction of sp³-hybridized carbons (Fsp3) is 0.222. The van der Waals surface area contributed by atoms with Crippen molar-refractivity contribution < 1.29 is 9.90 Å². The van der Waals surface area contributed by atoms with Gasteiger partial charge in [0.1, 0.15) is 0 Å². The van der Waals surface area contributed by atoms with Crippen LogP contribution in [-0.4, -0.2) is 16.1 Å². The minimum absolute atomic E-state index is 0.228. The number of benzene rings is 1. The Morgan fingerprint density at radius 2 is 2.05 bits per heavy atom. The van der Waals surface area contributed by atoms with Crippen molar-refractivity contribution in [2.45, 2.75) is 18.4 Å². The first-order valence-corrected chi connectivity index (χ1v) is 7.44. The standard InChI is InChI=1S/C18H16N2O2/c21-18(22)12-4-5-16-15(10-12)13-2-1-3-14(13)17(20-16)11-6-8-19-9-7-11/h1-2,4-10,13-14,17,20H,3H2,(H,21,22)/t13-,14+,17-/m1/s1. The summed E-state index contributed by atoms with van der Waals surface area (Å²) in [6.45, 7) is 0. The second-order valence-electron chi connectivity index (χ2n) is 5.86. The summed E-state index contributed by atoms with van der Waals surface area (Å²) < 4.78 is 0. The Morgan fingerprint density at radius 1 is 1.23 bits per heavy atom. The van der Waals surface area contributed by atoms with Gasteiger partial charge in [-0.25, -0.2) is 4.79 Å². The van der Waals surface area contributed by atoms with Gasteiger partial charge in [0.05, 0.1) is 11.6 Å². The Hall–Kier alpha value is -2.62. The van der Waals surface area contributed by atoms with E-state index < -0.39 is 5.97 Å². The van der Waals surface area contributed by atoms with Crippen LogP contribution < -0.4 is 5.32 Å². The molecule has 0 saturated heterocycles. The molecule has 2 aromatic rings. The van der Waals surface area contributed by atoms with Crippen LogP contribution in [0.2, 0.25) is 0 Å². The van der Waals surface area contributed by atoms with Crippen LogP contribution in [-0.2, 0) is 0 Å². The monoisotopic (exact) mass is 292 g/mol. The molecule has 22 heavy (non-hydrogen) atoms. The third kappa shape index (κ3) is 1.99. The van der Waals surface area contributed by atoms with E-state index in [9.17, 15) is 9.90 Å². The number of carboxylic acids is 1. The molecular weight excluding hydrogens is 276 g/mol. The van der Waals surface area contributed by atoms with Crippen molar-refractivity contribution in [2.75, 3.05) is 5.32 Å². The van der Waals surface area contributed by atoms with Crippen LogP contribution in [0.3, 0.4) is 0 Å². The van der Waals surface area contributed by atoms with Crippen LogP contribution >= 0.6 is 0 Å². The molecule has 0 spiro atoms. The molecule has 4 nitrogen and oxygen atoms in total. The topological polar surface area (TPSA) is 62.2 Å². The first-order chi connectivity index (χ1) is 10.7. The number of pyridine rings is 1. The number of carboxylic acid groups (broad SMARTS) is 1. The van der Waals surface area contributed by atoms with E-state index in [1.807, 2.05) is 30.6 Å². The smallest absolute Gasteiger partial charge is 0.335 e. The summed E-state index contributed by atoms with van der Waals surface area (Å²) in [5.41, 5.74) is 3.69. The van der Waals surface area contributed by atoms with Gasteiger partial charge in [0.2, 0.25) is 0 Å². The molecule has 2 heterocycles. The number of nitrogens with one attached hydrogen (secondary N) is 1. The highest BCUT2D eigenvalue weighted by atomic mass is 16.4. The zero-order valence-corrected chi connectivity index (χ0v) is 11.9. The third-order valence-corrected chi connectivity index (χ3v) is 4.67. The minimum Gasteiger partial charge on any atom is -0.478 e. The van der Waals surface area contributed by atoms with Crippen LogP contribution in [0.15, 0.2) is 54.9 Å². The second-order valence-corrected chi connectivity index (χ2v) is 5.86. The number of anilines is 1. The molecule has 0 radical (unpaired) electrons. The van der Waals surface area contributed by atoms with E-state index in [1.54, 1.807) is 12.1 Å². The number of nitrogens with zero attached hydrogens (tertiary/aromatic N) is 1. The molecule has 0 unspecified atom stereocenters. The van der Waals surface area contributed by atoms with Crippen molar-refractivity contribution in [2.24, 2.45) is 5.92 Å². The van der Waals surface area contributed by atoms with E-state index in [0.717, 1.165) is 17.7 Å². The van der Waals surface area contributed by atoms with Crippen molar-refractivity contribution in [1.29, 1.82) is 0 Å². The Bertz CT molecular complexity index is 755. The van der Waals surface area contributed by atoms with Crippen LogP contribution in [0.25, 0.3) is 0 Å². The maximum Gasteiger partial charge on any atom is 0.335 e. The Labute approximate surface area is 128 Å². The van der Waals surface area contributed by atoms with E-state index in [-0.39, 0.29) is 12.0 Å². The lowest BCUT2D eigenvalue weighted by Crippen LogP contribution is -2.29. The van der Waals surface area contributed by atoms with Gasteiger partial charge in [-0.15, -0.1) is 0 Å². The third-order valence-electron chi connectivity index (χ3n) is 4.67. The summed E-state index contributed by atoms with van der Waals surface area (Å²) in [6.07, 6.45) is 9.05. The molecule has 0 amide bonds. The van der Waals surface area contributed by atoms with E-state index in [1.165, 1.54) is 5.56 Å². The summed E-state index contributed by atoms with van der Waals surface area (Å²) >= 11 is 0. The molecule has 2 N–H and O–H groups in total. The van der Waals surface area contributed by atoms with Gasteiger partial charge in [-0.2, -0.15) is 0 Å². The molecule has 4 rings (SSSR count). The van der Waals surface area contributed by atoms with Crippen LogP contribution in [0.1, 0.15) is 39.9 Å². The Balaban J connectivity index is 1.79. The van der Waals surface area contributed by atoms with Crippen molar-refractivity contribution in [3.05, 3.63) is 71.6 Å². The number of carbonyl (C=O) groups is 1. The van der Waals surface area contributed by atoms with Gasteiger partial charge in [-0.1, -0.05) is 12.2 Å². The van der Waals surface area contributed by atoms with Gasteiger partial charge in [-0.05, 0) is 53.8 Å². The number of allylic oxidation sites excluding steroid dienone is 2. The number of rotatable bonds is 2. The predicted octanol–water partition coefficient (Wildman–Crippen LogP) is 3.61. The van der Waals surface area contributed by atoms with Crippen LogP contribution in [0.4, 0.5) is 5.69 Å². The lowest BCUT2D eigenvalue weighted by molar-refractivity contribution is 0.0696.